The van der Waals surface area contributed by atoms with E-state index in [1.165, 1.54) is 17.0 Å². The van der Waals surface area contributed by atoms with Crippen molar-refractivity contribution in [3.05, 3.63) is 28.5 Å². The molecule has 1 fully saturated rings. The smallest absolute Gasteiger partial charge is 0.240 e. The largest absolute Gasteiger partial charge is 0.344 e. The van der Waals surface area contributed by atoms with Crippen molar-refractivity contribution in [3.8, 4) is 0 Å². The molecule has 20 heavy (non-hydrogen) atoms. The summed E-state index contributed by atoms with van der Waals surface area (Å²) < 4.78 is 40.4. The van der Waals surface area contributed by atoms with Crippen molar-refractivity contribution >= 4 is 31.9 Å². The van der Waals surface area contributed by atoms with Gasteiger partial charge in [0, 0.05) is 26.1 Å². The number of likely N-dealkylation sites (tertiary alicyclic amines) is 1. The molecule has 1 unspecified atom stereocenters. The number of hydrogen-bond donors (Lipinski definition) is 1. The summed E-state index contributed by atoms with van der Waals surface area (Å²) in [5.41, 5.74) is 0. The maximum atomic E-state index is 13.4. The average Bonchev–Trinajstić information content (AvgIpc) is 2.37. The number of rotatable bonds is 3. The number of likely N-dealkylation sites (N-methyl/N-ethyl adjacent to an activating group) is 1. The normalized spacial score (nSPS) is 20.2. The van der Waals surface area contributed by atoms with Crippen LogP contribution in [0.4, 0.5) is 4.39 Å². The van der Waals surface area contributed by atoms with E-state index < -0.39 is 15.8 Å². The lowest BCUT2D eigenvalue weighted by molar-refractivity contribution is -0.132. The first-order valence-electron chi connectivity index (χ1n) is 6.01. The Morgan fingerprint density at radius 1 is 1.45 bits per heavy atom. The standard InChI is InChI=1S/C12H14BrFN2O3S/c1-16-7-8(2-5-12(16)17)15-20(18,19)9-3-4-10(13)11(14)6-9/h3-4,6,8,15H,2,5,7H2,1H3. The van der Waals surface area contributed by atoms with Crippen molar-refractivity contribution in [1.29, 1.82) is 0 Å². The zero-order valence-corrected chi connectivity index (χ0v) is 13.2. The van der Waals surface area contributed by atoms with E-state index in [4.69, 9.17) is 0 Å². The Morgan fingerprint density at radius 3 is 2.75 bits per heavy atom. The molecule has 8 heteroatoms. The van der Waals surface area contributed by atoms with Gasteiger partial charge in [0.15, 0.2) is 0 Å². The molecule has 1 aromatic rings. The second kappa shape index (κ2) is 5.79. The van der Waals surface area contributed by atoms with Gasteiger partial charge < -0.3 is 4.90 Å². The molecule has 0 radical (unpaired) electrons. The fourth-order valence-corrected chi connectivity index (χ4v) is 3.56. The molecule has 1 aromatic carbocycles. The third-order valence-corrected chi connectivity index (χ3v) is 5.31. The summed E-state index contributed by atoms with van der Waals surface area (Å²) in [5, 5.41) is 0. The van der Waals surface area contributed by atoms with Crippen LogP contribution >= 0.6 is 15.9 Å². The predicted molar refractivity (Wildman–Crippen MR) is 75.1 cm³/mol. The molecule has 1 amide bonds. The molecule has 1 atom stereocenters. The molecule has 1 N–H and O–H groups in total. The summed E-state index contributed by atoms with van der Waals surface area (Å²) in [5.74, 6) is -0.640. The fraction of sp³-hybridized carbons (Fsp3) is 0.417. The van der Waals surface area contributed by atoms with Crippen molar-refractivity contribution in [2.75, 3.05) is 13.6 Å². The maximum Gasteiger partial charge on any atom is 0.240 e. The van der Waals surface area contributed by atoms with Gasteiger partial charge in [0.05, 0.1) is 9.37 Å². The molecule has 1 heterocycles. The van der Waals surface area contributed by atoms with Gasteiger partial charge in [-0.2, -0.15) is 0 Å². The van der Waals surface area contributed by atoms with Crippen LogP contribution in [0.5, 0.6) is 0 Å². The lowest BCUT2D eigenvalue weighted by Crippen LogP contribution is -2.48. The van der Waals surface area contributed by atoms with E-state index in [9.17, 15) is 17.6 Å². The van der Waals surface area contributed by atoms with Crippen molar-refractivity contribution in [3.63, 3.8) is 0 Å². The van der Waals surface area contributed by atoms with Gasteiger partial charge in [-0.05, 0) is 40.5 Å². The maximum absolute atomic E-state index is 13.4. The minimum atomic E-state index is -3.79. The summed E-state index contributed by atoms with van der Waals surface area (Å²) in [6.07, 6.45) is 0.750. The van der Waals surface area contributed by atoms with Gasteiger partial charge in [-0.25, -0.2) is 17.5 Å². The van der Waals surface area contributed by atoms with Crippen molar-refractivity contribution < 1.29 is 17.6 Å². The van der Waals surface area contributed by atoms with Gasteiger partial charge in [-0.15, -0.1) is 0 Å². The summed E-state index contributed by atoms with van der Waals surface area (Å²) in [6.45, 7) is 0.317. The number of nitrogens with one attached hydrogen (secondary N) is 1. The molecule has 2 rings (SSSR count). The van der Waals surface area contributed by atoms with Gasteiger partial charge >= 0.3 is 0 Å². The fourth-order valence-electron chi connectivity index (χ4n) is 2.04. The van der Waals surface area contributed by atoms with Crippen LogP contribution in [0.2, 0.25) is 0 Å². The van der Waals surface area contributed by atoms with Crippen LogP contribution in [-0.2, 0) is 14.8 Å². The van der Waals surface area contributed by atoms with Gasteiger partial charge in [0.25, 0.3) is 0 Å². The highest BCUT2D eigenvalue weighted by Crippen LogP contribution is 2.20. The van der Waals surface area contributed by atoms with Gasteiger partial charge in [-0.3, -0.25) is 4.79 Å². The van der Waals surface area contributed by atoms with Crippen molar-refractivity contribution in [2.24, 2.45) is 0 Å². The molecular weight excluding hydrogens is 351 g/mol. The zero-order valence-electron chi connectivity index (χ0n) is 10.8. The van der Waals surface area contributed by atoms with Crippen LogP contribution in [0.25, 0.3) is 0 Å². The molecule has 0 aliphatic carbocycles. The van der Waals surface area contributed by atoms with E-state index in [0.29, 0.717) is 19.4 Å². The molecular formula is C12H14BrFN2O3S. The third kappa shape index (κ3) is 3.36. The van der Waals surface area contributed by atoms with E-state index in [1.807, 2.05) is 0 Å². The van der Waals surface area contributed by atoms with Gasteiger partial charge in [0.2, 0.25) is 15.9 Å². The van der Waals surface area contributed by atoms with E-state index >= 15 is 0 Å². The Balaban J connectivity index is 2.15. The molecule has 1 aliphatic rings. The zero-order chi connectivity index (χ0) is 14.9. The number of amides is 1. The number of nitrogens with zero attached hydrogens (tertiary/aromatic N) is 1. The number of hydrogen-bond acceptors (Lipinski definition) is 3. The Hall–Kier alpha value is -0.990. The highest BCUT2D eigenvalue weighted by molar-refractivity contribution is 9.10. The first kappa shape index (κ1) is 15.4. The minimum absolute atomic E-state index is 0.00451. The van der Waals surface area contributed by atoms with E-state index in [1.54, 1.807) is 7.05 Å². The molecule has 110 valence electrons. The number of halogens is 2. The summed E-state index contributed by atoms with van der Waals surface area (Å²) in [7, 11) is -2.16. The molecule has 1 saturated heterocycles. The van der Waals surface area contributed by atoms with Crippen LogP contribution in [0.3, 0.4) is 0 Å². The summed E-state index contributed by atoms with van der Waals surface area (Å²) in [6, 6.07) is 3.28. The van der Waals surface area contributed by atoms with Crippen LogP contribution in [-0.4, -0.2) is 38.9 Å². The Bertz CT molecular complexity index is 636. The number of piperidine rings is 1. The Kier molecular flexibility index (Phi) is 4.46. The van der Waals surface area contributed by atoms with Crippen LogP contribution in [0.15, 0.2) is 27.6 Å². The highest BCUT2D eigenvalue weighted by Gasteiger charge is 2.27. The number of carbonyl (C=O) groups excluding carboxylic acids is 1. The predicted octanol–water partition coefficient (Wildman–Crippen LogP) is 1.49. The minimum Gasteiger partial charge on any atom is -0.344 e. The van der Waals surface area contributed by atoms with Gasteiger partial charge in [0.1, 0.15) is 5.82 Å². The van der Waals surface area contributed by atoms with Crippen molar-refractivity contribution in [1.82, 2.24) is 9.62 Å². The van der Waals surface area contributed by atoms with Gasteiger partial charge in [-0.1, -0.05) is 0 Å². The topological polar surface area (TPSA) is 66.5 Å². The Labute approximate surface area is 125 Å². The van der Waals surface area contributed by atoms with Crippen LogP contribution in [0.1, 0.15) is 12.8 Å². The SMILES string of the molecule is CN1CC(NS(=O)(=O)c2ccc(Br)c(F)c2)CCC1=O. The lowest BCUT2D eigenvalue weighted by atomic mass is 10.1. The third-order valence-electron chi connectivity index (χ3n) is 3.15. The quantitative estimate of drug-likeness (QED) is 0.883. The first-order valence-corrected chi connectivity index (χ1v) is 8.28. The number of benzene rings is 1. The molecule has 5 nitrogen and oxygen atoms in total. The summed E-state index contributed by atoms with van der Waals surface area (Å²) in [4.78, 5) is 12.7. The van der Waals surface area contributed by atoms with E-state index in [-0.39, 0.29) is 21.3 Å². The van der Waals surface area contributed by atoms with Crippen molar-refractivity contribution in [2.45, 2.75) is 23.8 Å². The Morgan fingerprint density at radius 2 is 2.15 bits per heavy atom. The second-order valence-corrected chi connectivity index (χ2v) is 7.28. The molecule has 0 saturated carbocycles. The second-order valence-electron chi connectivity index (χ2n) is 4.71. The highest BCUT2D eigenvalue weighted by atomic mass is 79.9. The molecule has 0 bridgehead atoms. The average molecular weight is 365 g/mol. The molecule has 0 spiro atoms. The number of sulfonamides is 1. The first-order chi connectivity index (χ1) is 9.29. The van der Waals surface area contributed by atoms with Crippen LogP contribution < -0.4 is 4.72 Å². The number of carbonyl (C=O) groups is 1. The lowest BCUT2D eigenvalue weighted by Gasteiger charge is -2.29. The molecule has 1 aliphatic heterocycles. The summed E-state index contributed by atoms with van der Waals surface area (Å²) >= 11 is 2.97. The van der Waals surface area contributed by atoms with Crippen LogP contribution in [0, 0.1) is 5.82 Å². The monoisotopic (exact) mass is 364 g/mol. The molecule has 0 aromatic heterocycles. The van der Waals surface area contributed by atoms with E-state index in [2.05, 4.69) is 20.7 Å². The van der Waals surface area contributed by atoms with E-state index in [0.717, 1.165) is 6.07 Å².